The fraction of sp³-hybridized carbons (Fsp3) is 0.530. The Bertz CT molecular complexity index is 5160. The van der Waals surface area contributed by atoms with Gasteiger partial charge >= 0.3 is 24.2 Å². The minimum absolute atomic E-state index is 0.00691. The van der Waals surface area contributed by atoms with Crippen molar-refractivity contribution < 1.29 is 95.9 Å². The Labute approximate surface area is 811 Å². The molecule has 0 spiro atoms. The zero-order chi connectivity index (χ0) is 100. The number of likely N-dealkylation sites (tertiary alicyclic amines) is 1. The Morgan fingerprint density at radius 1 is 0.609 bits per heavy atom. The topological polar surface area (TPSA) is 467 Å². The second-order valence-corrected chi connectivity index (χ2v) is 37.1. The summed E-state index contributed by atoms with van der Waals surface area (Å²) in [5.74, 6) is -7.99. The van der Waals surface area contributed by atoms with Crippen LogP contribution in [-0.2, 0) is 102 Å². The predicted octanol–water partition coefficient (Wildman–Crippen LogP) is 9.47. The molecule has 13 amide bonds. The number of carboxylic acid groups (broad SMARTS) is 1. The highest BCUT2D eigenvalue weighted by Crippen LogP contribution is 2.45. The van der Waals surface area contributed by atoms with Gasteiger partial charge in [-0.25, -0.2) is 34.4 Å². The highest BCUT2D eigenvalue weighted by atomic mass is 32.1. The van der Waals surface area contributed by atoms with Crippen molar-refractivity contribution in [3.8, 4) is 11.1 Å². The number of likely N-dealkylation sites (N-methyl/N-ethyl adjacent to an activating group) is 2. The lowest BCUT2D eigenvalue weighted by Gasteiger charge is -2.41. The van der Waals surface area contributed by atoms with E-state index in [9.17, 15) is 67.4 Å². The Morgan fingerprint density at radius 2 is 1.27 bits per heavy atom. The van der Waals surface area contributed by atoms with E-state index in [1.54, 1.807) is 127 Å². The molecule has 4 aromatic carbocycles. The van der Waals surface area contributed by atoms with Gasteiger partial charge in [0.2, 0.25) is 53.2 Å². The molecule has 1 aliphatic carbocycles. The maximum Gasteiger partial charge on any atom is 0.424 e. The molecule has 12 atom stereocenters. The second kappa shape index (κ2) is 54.0. The van der Waals surface area contributed by atoms with Gasteiger partial charge in [-0.3, -0.25) is 52.8 Å². The number of fused-ring (bicyclic) bond motifs is 4. The smallest absolute Gasteiger partial charge is 0.424 e. The van der Waals surface area contributed by atoms with Crippen molar-refractivity contribution in [3.05, 3.63) is 172 Å². The Balaban J connectivity index is 0.694. The van der Waals surface area contributed by atoms with Crippen LogP contribution in [0.2, 0.25) is 0 Å². The first-order chi connectivity index (χ1) is 66.0. The monoisotopic (exact) mass is 1930 g/mol. The third-order valence-corrected chi connectivity index (χ3v) is 26.3. The largest absolute Gasteiger partial charge is 0.481 e. The number of hydrazine groups is 1. The molecule has 1 fully saturated rings. The van der Waals surface area contributed by atoms with Crippen LogP contribution in [-0.4, -0.2) is 271 Å². The Hall–Kier alpha value is -12.5. The molecule has 138 heavy (non-hydrogen) atoms. The molecule has 37 nitrogen and oxygen atoms in total. The average molecular weight is 1930 g/mol. The summed E-state index contributed by atoms with van der Waals surface area (Å²) in [4.78, 5) is 192. The molecule has 1 saturated heterocycles. The van der Waals surface area contributed by atoms with Crippen LogP contribution in [0.25, 0.3) is 22.2 Å². The Morgan fingerprint density at radius 3 is 1.90 bits per heavy atom. The van der Waals surface area contributed by atoms with Gasteiger partial charge in [-0.15, -0.1) is 11.3 Å². The first-order valence-corrected chi connectivity index (χ1v) is 48.2. The number of primary amides is 1. The minimum Gasteiger partial charge on any atom is -0.481 e. The number of pyridine rings is 1. The summed E-state index contributed by atoms with van der Waals surface area (Å²) in [6, 6.07) is 30.0. The van der Waals surface area contributed by atoms with Crippen molar-refractivity contribution in [2.75, 3.05) is 100 Å². The molecule has 0 unspecified atom stereocenters. The molecule has 2 aliphatic rings. The number of nitrogens with two attached hydrogens (primary N) is 1. The van der Waals surface area contributed by atoms with Crippen molar-refractivity contribution in [2.45, 2.75) is 219 Å². The lowest BCUT2D eigenvalue weighted by Crippen LogP contribution is -2.60. The van der Waals surface area contributed by atoms with Crippen LogP contribution in [0, 0.1) is 29.6 Å². The van der Waals surface area contributed by atoms with Crippen molar-refractivity contribution >= 4 is 105 Å². The first-order valence-electron chi connectivity index (χ1n) is 47.3. The molecule has 0 radical (unpaired) electrons. The zero-order valence-electron chi connectivity index (χ0n) is 81.8. The average Bonchev–Trinajstić information content (AvgIpc) is 1.61. The van der Waals surface area contributed by atoms with Gasteiger partial charge < -0.3 is 96.2 Å². The lowest BCUT2D eigenvalue weighted by atomic mass is 9.89. The number of aromatic nitrogens is 3. The number of methoxy groups -OCH3 is 2. The number of aliphatic carboxylic acids is 1. The van der Waals surface area contributed by atoms with E-state index in [4.69, 9.17) is 34.2 Å². The van der Waals surface area contributed by atoms with Crippen molar-refractivity contribution in [1.82, 2.24) is 76.5 Å². The summed E-state index contributed by atoms with van der Waals surface area (Å²) >= 11 is 1.46. The molecule has 7 aromatic rings. The number of benzene rings is 4. The number of thiazole rings is 1. The van der Waals surface area contributed by atoms with Gasteiger partial charge in [0.25, 0.3) is 0 Å². The SMILES string of the molecule is CC[C@H](C)[C@@H]([C@@H](CC(=O)N1CCC[C@H]1[C@H](OC)[C@@H](C)C(=O)N[C@@H](Cc1ccccc1)c1nccs1)OC)N(C)C(=O)[C@@H](NC(=O)[C@H](C(C)C)N(C)C(=O)OCc1ccc(NC(=O)[C@H](CCCNC(N)=O)NC(=O)[C@@H](NC(=O)CCOCCOCCNC(=O)[C@H](CCC(=O)O)NC(=O)CCn2c(CN(C)N(C)C(=O)OCC3c4ccccc4-c4ccccc43)cc3cccnc32)C(C)C)cc1)C(C)C. The van der Waals surface area contributed by atoms with Gasteiger partial charge in [0.05, 0.1) is 75.6 Å². The van der Waals surface area contributed by atoms with E-state index < -0.39 is 150 Å². The number of amides is 13. The summed E-state index contributed by atoms with van der Waals surface area (Å²) in [6.45, 7) is 17.1. The molecule has 3 aromatic heterocycles. The molecule has 9 rings (SSSR count). The number of ether oxygens (including phenoxy) is 6. The van der Waals surface area contributed by atoms with E-state index in [2.05, 4.69) is 64.6 Å². The summed E-state index contributed by atoms with van der Waals surface area (Å²) in [5.41, 5.74) is 12.9. The van der Waals surface area contributed by atoms with Gasteiger partial charge in [0, 0.05) is 128 Å². The molecule has 38 heteroatoms. The Kier molecular flexibility index (Phi) is 42.7. The number of rotatable bonds is 55. The second-order valence-electron chi connectivity index (χ2n) is 36.2. The third kappa shape index (κ3) is 31.0. The van der Waals surface area contributed by atoms with E-state index in [1.807, 2.05) is 110 Å². The van der Waals surface area contributed by atoms with E-state index in [0.717, 1.165) is 43.9 Å². The fourth-order valence-electron chi connectivity index (χ4n) is 17.6. The van der Waals surface area contributed by atoms with Crippen LogP contribution in [0.15, 0.2) is 139 Å². The van der Waals surface area contributed by atoms with E-state index in [1.165, 1.54) is 35.4 Å². The number of carboxylic acids is 1. The number of nitrogens with zero attached hydrogens (tertiary/aromatic N) is 8. The third-order valence-electron chi connectivity index (χ3n) is 25.4. The quantitative estimate of drug-likeness (QED) is 0.0125. The summed E-state index contributed by atoms with van der Waals surface area (Å²) in [7, 11) is 9.48. The summed E-state index contributed by atoms with van der Waals surface area (Å²) < 4.78 is 37.1. The number of anilines is 1. The molecule has 0 bridgehead atoms. The van der Waals surface area contributed by atoms with Crippen LogP contribution in [0.4, 0.5) is 20.1 Å². The van der Waals surface area contributed by atoms with Gasteiger partial charge in [-0.05, 0) is 126 Å². The number of carbonyl (C=O) groups is 13. The van der Waals surface area contributed by atoms with Crippen molar-refractivity contribution in [2.24, 2.45) is 35.3 Å². The number of hydrogen-bond donors (Lipinski definition) is 10. The highest BCUT2D eigenvalue weighted by molar-refractivity contribution is 7.09. The van der Waals surface area contributed by atoms with E-state index >= 15 is 0 Å². The zero-order valence-corrected chi connectivity index (χ0v) is 82.7. The molecule has 11 N–H and O–H groups in total. The van der Waals surface area contributed by atoms with Crippen LogP contribution in [0.5, 0.6) is 0 Å². The molecular weight excluding hydrogens is 1790 g/mol. The summed E-state index contributed by atoms with van der Waals surface area (Å²) in [5, 5.41) is 38.4. The standard InChI is InChI=1S/C100H139N17O20S/c1-16-64(8)88(80(132-14)57-83(120)117-48-26-35-79(117)89(133-15)65(9)91(123)109-78(96-104-47-54-138-96)55-66-27-18-17-19-28-66)113(11)97(128)86(62(4)5)111-95(127)87(63(6)7)114(12)99(130)136-59-67-36-38-69(39-37-67)106-93(125)76(34-25-45-105-98(101)129)108-94(126)85(61(2)3)110-82(119)43-50-134-52-53-135-51-46-103-92(124)77(40-41-84(121)122)107-81(118)42-49-116-70(56-68-29-24-44-102-90(68)116)58-112(10)115(13)100(131)137-60-75-73-32-22-20-30-71(73)72-31-21-23-33-74(72)75/h17-24,27-33,36-39,44,47,54,56,61-65,75-80,85-89H,16,25-26,34-35,40-43,45-46,48-53,55,57-60H2,1-15H3,(H,103,124)(H,106,125)(H,107,118)(H,108,126)(H,109,123)(H,110,119)(H,111,127)(H,121,122)(H3,101,105,129)/t64-,65+,76-,77-,78-,79-,80+,85-,86-,87-,88-,89+/m0/s1. The number of carbonyl (C=O) groups excluding carboxylic acids is 12. The molecule has 4 heterocycles. The van der Waals surface area contributed by atoms with E-state index in [-0.39, 0.29) is 134 Å². The predicted molar refractivity (Wildman–Crippen MR) is 520 cm³/mol. The number of aryl methyl sites for hydroxylation is 1. The van der Waals surface area contributed by atoms with Gasteiger partial charge in [0.15, 0.2) is 0 Å². The van der Waals surface area contributed by atoms with Gasteiger partial charge in [0.1, 0.15) is 54.1 Å². The number of urea groups is 1. The van der Waals surface area contributed by atoms with Gasteiger partial charge in [-0.2, -0.15) is 0 Å². The van der Waals surface area contributed by atoms with Crippen molar-refractivity contribution in [3.63, 3.8) is 0 Å². The number of nitrogens with one attached hydrogen (secondary N) is 8. The maximum atomic E-state index is 15.0. The lowest BCUT2D eigenvalue weighted by molar-refractivity contribution is -0.148. The van der Waals surface area contributed by atoms with E-state index in [0.29, 0.717) is 49.1 Å². The molecule has 1 aliphatic heterocycles. The van der Waals surface area contributed by atoms with Gasteiger partial charge in [-0.1, -0.05) is 160 Å². The molecule has 0 saturated carbocycles. The van der Waals surface area contributed by atoms with Crippen LogP contribution < -0.4 is 48.3 Å². The summed E-state index contributed by atoms with van der Waals surface area (Å²) in [6.07, 6.45) is 2.20. The van der Waals surface area contributed by atoms with Crippen LogP contribution in [0.1, 0.15) is 171 Å². The number of hydrogen-bond acceptors (Lipinski definition) is 23. The molecular formula is C100H139N17O20S. The van der Waals surface area contributed by atoms with Crippen LogP contribution in [0.3, 0.4) is 0 Å². The maximum absolute atomic E-state index is 15.0. The highest BCUT2D eigenvalue weighted by Gasteiger charge is 2.45. The fourth-order valence-corrected chi connectivity index (χ4v) is 18.3. The van der Waals surface area contributed by atoms with Crippen molar-refractivity contribution in [1.29, 1.82) is 0 Å². The minimum atomic E-state index is -1.20. The van der Waals surface area contributed by atoms with Crippen LogP contribution >= 0.6 is 11.3 Å². The first kappa shape index (κ1) is 109. The molecule has 750 valence electrons. The normalized spacial score (nSPS) is 15.3.